The van der Waals surface area contributed by atoms with E-state index in [0.29, 0.717) is 17.9 Å². The summed E-state index contributed by atoms with van der Waals surface area (Å²) in [6.07, 6.45) is 0.441. The highest BCUT2D eigenvalue weighted by Gasteiger charge is 2.11. The van der Waals surface area contributed by atoms with Gasteiger partial charge < -0.3 is 20.6 Å². The van der Waals surface area contributed by atoms with Gasteiger partial charge in [-0.2, -0.15) is 0 Å². The van der Waals surface area contributed by atoms with Gasteiger partial charge in [-0.05, 0) is 24.4 Å². The average Bonchev–Trinajstić information content (AvgIpc) is 2.66. The summed E-state index contributed by atoms with van der Waals surface area (Å²) in [7, 11) is 0. The van der Waals surface area contributed by atoms with Crippen LogP contribution in [-0.2, 0) is 22.7 Å². The standard InChI is InChI=1S/C13H16N4O2S/c14-11(18)5-7-16-9-3-1-2-4-10(9)17(13(16)20)8-6-12(15)19/h1-4H,5-8H2,(H2,14,18)(H2,15,19). The molecule has 0 aliphatic rings. The molecule has 0 spiro atoms. The molecule has 0 aliphatic carbocycles. The Morgan fingerprint density at radius 3 is 1.70 bits per heavy atom. The number of imidazole rings is 1. The van der Waals surface area contributed by atoms with E-state index >= 15 is 0 Å². The Labute approximate surface area is 121 Å². The molecule has 0 radical (unpaired) electrons. The van der Waals surface area contributed by atoms with E-state index in [1.165, 1.54) is 0 Å². The maximum atomic E-state index is 10.9. The third kappa shape index (κ3) is 2.88. The molecule has 106 valence electrons. The summed E-state index contributed by atoms with van der Waals surface area (Å²) >= 11 is 5.42. The molecule has 0 saturated heterocycles. The first kappa shape index (κ1) is 14.3. The minimum absolute atomic E-state index is 0.220. The fourth-order valence-electron chi connectivity index (χ4n) is 2.15. The van der Waals surface area contributed by atoms with Gasteiger partial charge in [-0.15, -0.1) is 0 Å². The number of primary amides is 2. The first-order valence-corrected chi connectivity index (χ1v) is 6.66. The van der Waals surface area contributed by atoms with Gasteiger partial charge in [0.05, 0.1) is 11.0 Å². The Morgan fingerprint density at radius 1 is 0.950 bits per heavy atom. The van der Waals surface area contributed by atoms with Crippen LogP contribution in [0.2, 0.25) is 0 Å². The number of carbonyl (C=O) groups is 2. The summed E-state index contributed by atoms with van der Waals surface area (Å²) in [6.45, 7) is 0.858. The first-order chi connectivity index (χ1) is 9.50. The molecule has 0 saturated carbocycles. The van der Waals surface area contributed by atoms with Crippen molar-refractivity contribution in [2.24, 2.45) is 11.5 Å². The monoisotopic (exact) mass is 292 g/mol. The van der Waals surface area contributed by atoms with E-state index in [4.69, 9.17) is 23.7 Å². The van der Waals surface area contributed by atoms with Crippen molar-refractivity contribution in [3.05, 3.63) is 29.0 Å². The number of nitrogens with zero attached hydrogens (tertiary/aromatic N) is 2. The molecule has 0 unspecified atom stereocenters. The fourth-order valence-corrected chi connectivity index (χ4v) is 2.53. The Hall–Kier alpha value is -2.15. The van der Waals surface area contributed by atoms with Crippen LogP contribution in [0.5, 0.6) is 0 Å². The Bertz CT molecular complexity index is 659. The van der Waals surface area contributed by atoms with Crippen molar-refractivity contribution in [3.63, 3.8) is 0 Å². The van der Waals surface area contributed by atoms with Gasteiger partial charge in [0.1, 0.15) is 0 Å². The number of hydrogen-bond acceptors (Lipinski definition) is 3. The summed E-state index contributed by atoms with van der Waals surface area (Å²) in [4.78, 5) is 21.9. The highest BCUT2D eigenvalue weighted by molar-refractivity contribution is 7.71. The van der Waals surface area contributed by atoms with Crippen LogP contribution in [0.3, 0.4) is 0 Å². The van der Waals surface area contributed by atoms with Crippen LogP contribution < -0.4 is 11.5 Å². The lowest BCUT2D eigenvalue weighted by atomic mass is 10.3. The molecule has 6 nitrogen and oxygen atoms in total. The molecule has 2 aromatic rings. The third-order valence-corrected chi connectivity index (χ3v) is 3.53. The first-order valence-electron chi connectivity index (χ1n) is 6.25. The maximum absolute atomic E-state index is 10.9. The molecular formula is C13H16N4O2S. The number of carbonyl (C=O) groups excluding carboxylic acids is 2. The minimum Gasteiger partial charge on any atom is -0.370 e. The maximum Gasteiger partial charge on any atom is 0.219 e. The molecule has 1 aromatic carbocycles. The molecule has 4 N–H and O–H groups in total. The van der Waals surface area contributed by atoms with E-state index in [-0.39, 0.29) is 24.7 Å². The molecule has 0 atom stereocenters. The zero-order valence-corrected chi connectivity index (χ0v) is 11.7. The van der Waals surface area contributed by atoms with Crippen LogP contribution in [0.4, 0.5) is 0 Å². The van der Waals surface area contributed by atoms with Crippen molar-refractivity contribution in [3.8, 4) is 0 Å². The fraction of sp³-hybridized carbons (Fsp3) is 0.308. The van der Waals surface area contributed by atoms with E-state index in [0.717, 1.165) is 11.0 Å². The van der Waals surface area contributed by atoms with E-state index < -0.39 is 0 Å². The van der Waals surface area contributed by atoms with Gasteiger partial charge in [0.25, 0.3) is 0 Å². The molecule has 20 heavy (non-hydrogen) atoms. The summed E-state index contributed by atoms with van der Waals surface area (Å²) in [5, 5.41) is 0. The Balaban J connectivity index is 2.46. The zero-order chi connectivity index (χ0) is 14.7. The number of benzene rings is 1. The summed E-state index contributed by atoms with van der Waals surface area (Å²) < 4.78 is 4.28. The molecule has 1 aromatic heterocycles. The van der Waals surface area contributed by atoms with Crippen molar-refractivity contribution >= 4 is 35.1 Å². The molecular weight excluding hydrogens is 276 g/mol. The van der Waals surface area contributed by atoms with Gasteiger partial charge in [0.15, 0.2) is 4.77 Å². The number of nitrogens with two attached hydrogens (primary N) is 2. The topological polar surface area (TPSA) is 96.0 Å². The zero-order valence-electron chi connectivity index (χ0n) is 10.9. The average molecular weight is 292 g/mol. The number of rotatable bonds is 6. The van der Waals surface area contributed by atoms with Crippen molar-refractivity contribution in [1.82, 2.24) is 9.13 Å². The van der Waals surface area contributed by atoms with Crippen LogP contribution in [0, 0.1) is 4.77 Å². The Morgan fingerprint density at radius 2 is 1.35 bits per heavy atom. The predicted molar refractivity (Wildman–Crippen MR) is 78.4 cm³/mol. The lowest BCUT2D eigenvalue weighted by Gasteiger charge is -2.02. The van der Waals surface area contributed by atoms with Gasteiger partial charge in [-0.1, -0.05) is 12.1 Å². The van der Waals surface area contributed by atoms with Gasteiger partial charge in [0, 0.05) is 25.9 Å². The molecule has 2 rings (SSSR count). The van der Waals surface area contributed by atoms with Crippen molar-refractivity contribution in [2.45, 2.75) is 25.9 Å². The largest absolute Gasteiger partial charge is 0.370 e. The van der Waals surface area contributed by atoms with Crippen LogP contribution >= 0.6 is 12.2 Å². The van der Waals surface area contributed by atoms with Gasteiger partial charge >= 0.3 is 0 Å². The van der Waals surface area contributed by atoms with Crippen LogP contribution in [0.1, 0.15) is 12.8 Å². The van der Waals surface area contributed by atoms with Crippen LogP contribution in [0.15, 0.2) is 24.3 Å². The molecule has 0 fully saturated rings. The SMILES string of the molecule is NC(=O)CCn1c(=S)n(CCC(N)=O)c2ccccc21. The second-order valence-electron chi connectivity index (χ2n) is 4.51. The number of aromatic nitrogens is 2. The van der Waals surface area contributed by atoms with Crippen molar-refractivity contribution in [2.75, 3.05) is 0 Å². The lowest BCUT2D eigenvalue weighted by Crippen LogP contribution is -2.15. The van der Waals surface area contributed by atoms with Crippen LogP contribution in [0.25, 0.3) is 11.0 Å². The minimum atomic E-state index is -0.374. The highest BCUT2D eigenvalue weighted by Crippen LogP contribution is 2.18. The van der Waals surface area contributed by atoms with Crippen LogP contribution in [-0.4, -0.2) is 20.9 Å². The summed E-state index contributed by atoms with van der Waals surface area (Å²) in [5.74, 6) is -0.748. The number of hydrogen-bond donors (Lipinski definition) is 2. The van der Waals surface area contributed by atoms with E-state index in [9.17, 15) is 9.59 Å². The number of aryl methyl sites for hydroxylation is 2. The van der Waals surface area contributed by atoms with E-state index in [1.54, 1.807) is 0 Å². The van der Waals surface area contributed by atoms with Crippen molar-refractivity contribution < 1.29 is 9.59 Å². The number of amides is 2. The Kier molecular flexibility index (Phi) is 4.19. The molecule has 2 amide bonds. The smallest absolute Gasteiger partial charge is 0.219 e. The predicted octanol–water partition coefficient (Wildman–Crippen LogP) is 0.923. The highest BCUT2D eigenvalue weighted by atomic mass is 32.1. The molecule has 7 heteroatoms. The van der Waals surface area contributed by atoms with Gasteiger partial charge in [0.2, 0.25) is 11.8 Å². The number of para-hydroxylation sites is 2. The number of fused-ring (bicyclic) bond motifs is 1. The molecule has 1 heterocycles. The summed E-state index contributed by atoms with van der Waals surface area (Å²) in [6, 6.07) is 7.65. The molecule has 0 bridgehead atoms. The summed E-state index contributed by atoms with van der Waals surface area (Å²) in [5.41, 5.74) is 12.2. The van der Waals surface area contributed by atoms with Gasteiger partial charge in [-0.25, -0.2) is 0 Å². The normalized spacial score (nSPS) is 10.8. The van der Waals surface area contributed by atoms with Gasteiger partial charge in [-0.3, -0.25) is 9.59 Å². The van der Waals surface area contributed by atoms with E-state index in [2.05, 4.69) is 0 Å². The second-order valence-corrected chi connectivity index (χ2v) is 4.87. The lowest BCUT2D eigenvalue weighted by molar-refractivity contribution is -0.119. The quantitative estimate of drug-likeness (QED) is 0.775. The second kappa shape index (κ2) is 5.87. The molecule has 0 aliphatic heterocycles. The van der Waals surface area contributed by atoms with E-state index in [1.807, 2.05) is 33.4 Å². The third-order valence-electron chi connectivity index (χ3n) is 3.09. The van der Waals surface area contributed by atoms with Crippen molar-refractivity contribution in [1.29, 1.82) is 0 Å².